The van der Waals surface area contributed by atoms with Gasteiger partial charge in [0.15, 0.2) is 0 Å². The van der Waals surface area contributed by atoms with Crippen molar-refractivity contribution < 1.29 is 31.5 Å². The predicted octanol–water partition coefficient (Wildman–Crippen LogP) is 6.80. The van der Waals surface area contributed by atoms with Gasteiger partial charge in [0.2, 0.25) is 0 Å². The van der Waals surface area contributed by atoms with Crippen LogP contribution in [0.5, 0.6) is 0 Å². The molecule has 0 spiro atoms. The Kier molecular flexibility index (Phi) is 12.7. The van der Waals surface area contributed by atoms with Crippen molar-refractivity contribution in [2.75, 3.05) is 11.1 Å². The molecule has 0 aliphatic heterocycles. The van der Waals surface area contributed by atoms with Gasteiger partial charge in [0.1, 0.15) is 0 Å². The molecule has 1 atom stereocenters. The number of nitrogens with one attached hydrogen (secondary N) is 1. The summed E-state index contributed by atoms with van der Waals surface area (Å²) in [7, 11) is -4.12. The SMILES string of the molecule is CCC[CH2][Sn]([CH2]CCC)([CH2]CCC)[c]1ccc(S(=O)(=O)CC(C)(O)C(=O)Nc2ccc(C#N)c(C(F)(F)F)c2)cc1. The van der Waals surface area contributed by atoms with E-state index in [0.29, 0.717) is 6.07 Å². The number of sulfone groups is 1. The van der Waals surface area contributed by atoms with Gasteiger partial charge in [-0.2, -0.15) is 18.4 Å². The molecule has 2 aromatic carbocycles. The molecule has 41 heavy (non-hydrogen) atoms. The average molecular weight is 701 g/mol. The van der Waals surface area contributed by atoms with E-state index in [1.807, 2.05) is 12.1 Å². The van der Waals surface area contributed by atoms with Crippen LogP contribution in [0.3, 0.4) is 0 Å². The maximum atomic E-state index is 13.3. The molecule has 0 bridgehead atoms. The van der Waals surface area contributed by atoms with Crippen LogP contribution in [0.1, 0.15) is 77.3 Å². The van der Waals surface area contributed by atoms with E-state index in [-0.39, 0.29) is 10.6 Å². The topological polar surface area (TPSA) is 107 Å². The van der Waals surface area contributed by atoms with Gasteiger partial charge < -0.3 is 0 Å². The van der Waals surface area contributed by atoms with Gasteiger partial charge in [0.25, 0.3) is 0 Å². The monoisotopic (exact) mass is 702 g/mol. The molecular weight excluding hydrogens is 660 g/mol. The van der Waals surface area contributed by atoms with E-state index in [4.69, 9.17) is 5.26 Å². The van der Waals surface area contributed by atoms with Gasteiger partial charge in [-0.1, -0.05) is 0 Å². The quantitative estimate of drug-likeness (QED) is 0.199. The number of hydrogen-bond donors (Lipinski definition) is 2. The number of amides is 1. The minimum absolute atomic E-state index is 0.0197. The summed E-state index contributed by atoms with van der Waals surface area (Å²) in [4.78, 5) is 12.8. The zero-order chi connectivity index (χ0) is 30.9. The van der Waals surface area contributed by atoms with Crippen LogP contribution in [0, 0.1) is 11.3 Å². The fourth-order valence-corrected chi connectivity index (χ4v) is 22.6. The first kappa shape index (κ1) is 35.1. The van der Waals surface area contributed by atoms with Crippen molar-refractivity contribution in [3.05, 3.63) is 53.6 Å². The van der Waals surface area contributed by atoms with Crippen LogP contribution in [0.4, 0.5) is 18.9 Å². The average Bonchev–Trinajstić information content (AvgIpc) is 2.92. The molecule has 0 aliphatic rings. The second-order valence-corrected chi connectivity index (χ2v) is 26.2. The molecule has 2 rings (SSSR count). The Morgan fingerprint density at radius 1 is 0.951 bits per heavy atom. The number of anilines is 1. The molecule has 11 heteroatoms. The third-order valence-corrected chi connectivity index (χ3v) is 25.1. The Morgan fingerprint density at radius 2 is 1.46 bits per heavy atom. The molecule has 2 N–H and O–H groups in total. The summed E-state index contributed by atoms with van der Waals surface area (Å²) in [5.41, 5.74) is -4.63. The molecule has 0 radical (unpaired) electrons. The molecule has 226 valence electrons. The molecule has 1 unspecified atom stereocenters. The van der Waals surface area contributed by atoms with Crippen LogP contribution >= 0.6 is 0 Å². The molecule has 0 saturated carbocycles. The molecule has 1 amide bonds. The number of rotatable bonds is 15. The number of nitrogens with zero attached hydrogens (tertiary/aromatic N) is 1. The molecule has 0 aliphatic carbocycles. The van der Waals surface area contributed by atoms with Crippen molar-refractivity contribution in [3.8, 4) is 6.07 Å². The molecule has 0 saturated heterocycles. The molecular formula is C30H41F3N2O4SSn. The third kappa shape index (κ3) is 9.45. The number of nitriles is 1. The van der Waals surface area contributed by atoms with E-state index in [9.17, 15) is 31.5 Å². The molecule has 2 aromatic rings. The van der Waals surface area contributed by atoms with E-state index in [1.54, 1.807) is 12.1 Å². The normalized spacial score (nSPS) is 13.8. The zero-order valence-electron chi connectivity index (χ0n) is 24.3. The first-order valence-electron chi connectivity index (χ1n) is 14.1. The Hall–Kier alpha value is -2.10. The maximum absolute atomic E-state index is 13.3. The van der Waals surface area contributed by atoms with Gasteiger partial charge >= 0.3 is 217 Å². The Balaban J connectivity index is 2.30. The zero-order valence-corrected chi connectivity index (χ0v) is 27.9. The number of aliphatic hydroxyl groups is 1. The van der Waals surface area contributed by atoms with E-state index in [2.05, 4.69) is 26.1 Å². The summed E-state index contributed by atoms with van der Waals surface area (Å²) in [6.45, 7) is 7.56. The van der Waals surface area contributed by atoms with E-state index >= 15 is 0 Å². The number of hydrogen-bond acceptors (Lipinski definition) is 5. The summed E-state index contributed by atoms with van der Waals surface area (Å²) in [6.07, 6.45) is 1.97. The van der Waals surface area contributed by atoms with Crippen molar-refractivity contribution in [1.82, 2.24) is 0 Å². The fourth-order valence-electron chi connectivity index (χ4n) is 5.11. The summed E-state index contributed by atoms with van der Waals surface area (Å²) in [5.74, 6) is -2.13. The summed E-state index contributed by atoms with van der Waals surface area (Å²) < 4.78 is 71.3. The number of carbonyl (C=O) groups is 1. The fraction of sp³-hybridized carbons (Fsp3) is 0.533. The van der Waals surface area contributed by atoms with Crippen LogP contribution in [-0.4, -0.2) is 49.2 Å². The molecule has 0 aromatic heterocycles. The van der Waals surface area contributed by atoms with Gasteiger partial charge in [-0.25, -0.2) is 0 Å². The van der Waals surface area contributed by atoms with E-state index in [1.165, 1.54) is 23.0 Å². The van der Waals surface area contributed by atoms with Crippen molar-refractivity contribution in [2.45, 2.75) is 96.2 Å². The van der Waals surface area contributed by atoms with Crippen molar-refractivity contribution in [1.29, 1.82) is 5.26 Å². The van der Waals surface area contributed by atoms with Crippen LogP contribution < -0.4 is 8.90 Å². The molecule has 6 nitrogen and oxygen atoms in total. The van der Waals surface area contributed by atoms with Gasteiger partial charge in [-0.15, -0.1) is 0 Å². The Labute approximate surface area is 246 Å². The van der Waals surface area contributed by atoms with Gasteiger partial charge in [0.05, 0.1) is 11.6 Å². The van der Waals surface area contributed by atoms with Crippen molar-refractivity contribution in [2.24, 2.45) is 0 Å². The van der Waals surface area contributed by atoms with E-state index < -0.39 is 62.8 Å². The molecule has 0 heterocycles. The van der Waals surface area contributed by atoms with Gasteiger partial charge in [-0.05, 0) is 0 Å². The number of carbonyl (C=O) groups excluding carboxylic acids is 1. The first-order chi connectivity index (χ1) is 19.2. The number of benzene rings is 2. The summed E-state index contributed by atoms with van der Waals surface area (Å²) in [5, 5.41) is 21.9. The van der Waals surface area contributed by atoms with Crippen molar-refractivity contribution in [3.63, 3.8) is 0 Å². The summed E-state index contributed by atoms with van der Waals surface area (Å²) in [6, 6.07) is 11.0. The standard InChI is InChI=1S/C18H14F3N2O4S.3C4H9.Sn/c1-17(25,11-28(26,27)14-5-3-2-4-6-14)16(24)23-13-8-7-12(10-22)15(9-13)18(19,20)21;3*1-3-4-2;/h3-9,25H,11H2,1H3,(H,23,24);3*1,3-4H2,2H3;. The molecule has 0 fully saturated rings. The minimum atomic E-state index is -4.84. The van der Waals surface area contributed by atoms with Gasteiger partial charge in [0, 0.05) is 0 Å². The number of alkyl halides is 3. The first-order valence-corrected chi connectivity index (χ1v) is 23.3. The van der Waals surface area contributed by atoms with Crippen molar-refractivity contribution >= 4 is 43.4 Å². The van der Waals surface area contributed by atoms with Crippen LogP contribution in [0.25, 0.3) is 0 Å². The Morgan fingerprint density at radius 3 is 1.90 bits per heavy atom. The van der Waals surface area contributed by atoms with Crippen LogP contribution in [0.15, 0.2) is 47.4 Å². The second kappa shape index (κ2) is 14.9. The van der Waals surface area contributed by atoms with E-state index in [0.717, 1.165) is 57.6 Å². The van der Waals surface area contributed by atoms with Crippen LogP contribution in [0.2, 0.25) is 13.3 Å². The second-order valence-electron chi connectivity index (χ2n) is 11.0. The Bertz CT molecular complexity index is 1300. The van der Waals surface area contributed by atoms with Crippen LogP contribution in [-0.2, 0) is 20.8 Å². The summed E-state index contributed by atoms with van der Waals surface area (Å²) >= 11 is -2.78. The number of unbranched alkanes of at least 4 members (excludes halogenated alkanes) is 3. The third-order valence-electron chi connectivity index (χ3n) is 7.52. The predicted molar refractivity (Wildman–Crippen MR) is 158 cm³/mol. The number of halogens is 3. The van der Waals surface area contributed by atoms with Gasteiger partial charge in [-0.3, -0.25) is 0 Å².